The van der Waals surface area contributed by atoms with E-state index < -0.39 is 0 Å². The van der Waals surface area contributed by atoms with Gasteiger partial charge in [0, 0.05) is 18.8 Å². The van der Waals surface area contributed by atoms with E-state index >= 15 is 0 Å². The molecule has 2 aliphatic rings. The van der Waals surface area contributed by atoms with Crippen molar-refractivity contribution in [1.82, 2.24) is 5.32 Å². The summed E-state index contributed by atoms with van der Waals surface area (Å²) in [7, 11) is 1.88. The maximum Gasteiger partial charge on any atom is 0.198 e. The molecular weight excluding hydrogens is 280 g/mol. The van der Waals surface area contributed by atoms with Gasteiger partial charge in [-0.05, 0) is 26.3 Å². The second kappa shape index (κ2) is 8.27. The van der Waals surface area contributed by atoms with Gasteiger partial charge < -0.3 is 19.5 Å². The Morgan fingerprint density at radius 1 is 1.36 bits per heavy atom. The normalized spacial score (nSPS) is 26.8. The average Bonchev–Trinajstić information content (AvgIpc) is 2.92. The molecule has 1 spiro atoms. The molecule has 3 atom stereocenters. The molecule has 2 fully saturated rings. The van der Waals surface area contributed by atoms with Crippen LogP contribution in [-0.4, -0.2) is 44.1 Å². The zero-order valence-electron chi connectivity index (χ0n) is 14.3. The molecule has 0 unspecified atom stereocenters. The molecule has 2 N–H and O–H groups in total. The first-order valence-corrected chi connectivity index (χ1v) is 8.82. The molecule has 0 bridgehead atoms. The molecule has 1 aliphatic heterocycles. The third-order valence-electron chi connectivity index (χ3n) is 4.95. The highest BCUT2D eigenvalue weighted by molar-refractivity contribution is 5.79. The van der Waals surface area contributed by atoms with E-state index in [9.17, 15) is 0 Å². The van der Waals surface area contributed by atoms with Crippen LogP contribution in [0.15, 0.2) is 0 Å². The zero-order chi connectivity index (χ0) is 16.0. The van der Waals surface area contributed by atoms with Gasteiger partial charge in [-0.25, -0.2) is 0 Å². The molecule has 0 aromatic rings. The molecule has 2 rings (SSSR count). The summed E-state index contributed by atoms with van der Waals surface area (Å²) < 4.78 is 17.9. The van der Waals surface area contributed by atoms with Gasteiger partial charge >= 0.3 is 0 Å². The van der Waals surface area contributed by atoms with E-state index in [1.807, 2.05) is 7.05 Å². The van der Waals surface area contributed by atoms with Gasteiger partial charge in [0.05, 0.1) is 25.4 Å². The maximum absolute atomic E-state index is 8.17. The molecular formula is C17H32N2O3. The molecule has 22 heavy (non-hydrogen) atoms. The van der Waals surface area contributed by atoms with Crippen molar-refractivity contribution in [3.63, 3.8) is 0 Å². The summed E-state index contributed by atoms with van der Waals surface area (Å²) in [5.41, 5.74) is 0. The Morgan fingerprint density at radius 3 is 2.73 bits per heavy atom. The first-order chi connectivity index (χ1) is 10.6. The van der Waals surface area contributed by atoms with Crippen molar-refractivity contribution in [3.05, 3.63) is 0 Å². The van der Waals surface area contributed by atoms with Crippen molar-refractivity contribution < 1.29 is 14.2 Å². The van der Waals surface area contributed by atoms with Crippen LogP contribution in [0.2, 0.25) is 0 Å². The first kappa shape index (κ1) is 17.7. The van der Waals surface area contributed by atoms with Crippen LogP contribution in [0.5, 0.6) is 0 Å². The first-order valence-electron chi connectivity index (χ1n) is 8.82. The number of unbranched alkanes of at least 4 members (excludes halogenated alkanes) is 1. The van der Waals surface area contributed by atoms with Crippen molar-refractivity contribution in [2.45, 2.75) is 76.7 Å². The Bertz CT molecular complexity index is 356. The Labute approximate surface area is 134 Å². The van der Waals surface area contributed by atoms with Gasteiger partial charge in [-0.2, -0.15) is 0 Å². The van der Waals surface area contributed by atoms with Gasteiger partial charge in [0.15, 0.2) is 11.7 Å². The summed E-state index contributed by atoms with van der Waals surface area (Å²) in [6, 6.07) is -0.121. The molecule has 1 aliphatic carbocycles. The molecule has 0 aromatic carbocycles. The molecule has 1 saturated heterocycles. The van der Waals surface area contributed by atoms with Crippen LogP contribution in [0.1, 0.15) is 58.8 Å². The van der Waals surface area contributed by atoms with E-state index in [-0.39, 0.29) is 23.9 Å². The van der Waals surface area contributed by atoms with E-state index in [0.717, 1.165) is 25.7 Å². The van der Waals surface area contributed by atoms with Crippen LogP contribution in [-0.2, 0) is 14.2 Å². The molecule has 0 amide bonds. The lowest BCUT2D eigenvalue weighted by Gasteiger charge is -2.33. The molecule has 128 valence electrons. The summed E-state index contributed by atoms with van der Waals surface area (Å²) in [5, 5.41) is 11.4. The van der Waals surface area contributed by atoms with Crippen molar-refractivity contribution in [1.29, 1.82) is 5.41 Å². The van der Waals surface area contributed by atoms with Crippen LogP contribution in [0.3, 0.4) is 0 Å². The molecule has 0 aromatic heterocycles. The minimum Gasteiger partial charge on any atom is -0.480 e. The fraction of sp³-hybridized carbons (Fsp3) is 0.941. The number of ether oxygens (including phenoxy) is 3. The minimum absolute atomic E-state index is 0.0330. The second-order valence-electron chi connectivity index (χ2n) is 6.63. The van der Waals surface area contributed by atoms with Crippen molar-refractivity contribution in [2.75, 3.05) is 20.3 Å². The molecule has 5 nitrogen and oxygen atoms in total. The highest BCUT2D eigenvalue weighted by Crippen LogP contribution is 2.39. The van der Waals surface area contributed by atoms with Gasteiger partial charge in [-0.3, -0.25) is 5.41 Å². The average molecular weight is 312 g/mol. The summed E-state index contributed by atoms with van der Waals surface area (Å²) >= 11 is 0. The zero-order valence-corrected chi connectivity index (χ0v) is 14.3. The van der Waals surface area contributed by atoms with E-state index in [4.69, 9.17) is 19.6 Å². The predicted molar refractivity (Wildman–Crippen MR) is 87.2 cm³/mol. The molecule has 1 heterocycles. The van der Waals surface area contributed by atoms with Gasteiger partial charge in [-0.15, -0.1) is 0 Å². The smallest absolute Gasteiger partial charge is 0.198 e. The number of nitrogens with one attached hydrogen (secondary N) is 2. The number of rotatable bonds is 7. The van der Waals surface area contributed by atoms with Crippen LogP contribution in [0, 0.1) is 11.3 Å². The fourth-order valence-electron chi connectivity index (χ4n) is 3.45. The van der Waals surface area contributed by atoms with Crippen molar-refractivity contribution in [3.8, 4) is 0 Å². The SMILES string of the molecule is CCCCOC(=N)[C@@H](NC)[C@@H](C)[C@@H]1COC2(CCCCC2)O1. The number of hydrogen-bond donors (Lipinski definition) is 2. The number of likely N-dealkylation sites (N-methyl/N-ethyl adjacent to an activating group) is 1. The van der Waals surface area contributed by atoms with Crippen molar-refractivity contribution >= 4 is 5.90 Å². The van der Waals surface area contributed by atoms with E-state index in [1.165, 1.54) is 19.3 Å². The lowest BCUT2D eigenvalue weighted by Crippen LogP contribution is -2.46. The summed E-state index contributed by atoms with van der Waals surface area (Å²) in [6.45, 7) is 5.49. The fourth-order valence-corrected chi connectivity index (χ4v) is 3.45. The van der Waals surface area contributed by atoms with Gasteiger partial charge in [0.2, 0.25) is 0 Å². The van der Waals surface area contributed by atoms with E-state index in [2.05, 4.69) is 19.2 Å². The van der Waals surface area contributed by atoms with Crippen LogP contribution < -0.4 is 5.32 Å². The monoisotopic (exact) mass is 312 g/mol. The number of hydrogen-bond acceptors (Lipinski definition) is 5. The lowest BCUT2D eigenvalue weighted by atomic mass is 9.93. The highest BCUT2D eigenvalue weighted by Gasteiger charge is 2.45. The Hall–Kier alpha value is -0.650. The van der Waals surface area contributed by atoms with Gasteiger partial charge in [-0.1, -0.05) is 26.7 Å². The van der Waals surface area contributed by atoms with Crippen LogP contribution in [0.4, 0.5) is 0 Å². The maximum atomic E-state index is 8.17. The predicted octanol–water partition coefficient (Wildman–Crippen LogP) is 3.08. The second-order valence-corrected chi connectivity index (χ2v) is 6.63. The third kappa shape index (κ3) is 4.21. The molecule has 0 radical (unpaired) electrons. The van der Waals surface area contributed by atoms with Gasteiger partial charge in [0.1, 0.15) is 0 Å². The quantitative estimate of drug-likeness (QED) is 0.431. The van der Waals surface area contributed by atoms with E-state index in [1.54, 1.807) is 0 Å². The molecule has 5 heteroatoms. The third-order valence-corrected chi connectivity index (χ3v) is 4.95. The topological polar surface area (TPSA) is 63.6 Å². The van der Waals surface area contributed by atoms with Crippen LogP contribution >= 0.6 is 0 Å². The highest BCUT2D eigenvalue weighted by atomic mass is 16.7. The molecule has 1 saturated carbocycles. The lowest BCUT2D eigenvalue weighted by molar-refractivity contribution is -0.191. The Balaban J connectivity index is 1.88. The van der Waals surface area contributed by atoms with Crippen LogP contribution in [0.25, 0.3) is 0 Å². The summed E-state index contributed by atoms with van der Waals surface area (Å²) in [4.78, 5) is 0. The summed E-state index contributed by atoms with van der Waals surface area (Å²) in [6.07, 6.45) is 7.76. The van der Waals surface area contributed by atoms with E-state index in [0.29, 0.717) is 19.1 Å². The van der Waals surface area contributed by atoms with Gasteiger partial charge in [0.25, 0.3) is 0 Å². The Kier molecular flexibility index (Phi) is 6.66. The Morgan fingerprint density at radius 2 is 2.09 bits per heavy atom. The standard InChI is InChI=1S/C17H32N2O3/c1-4-5-11-20-16(18)15(19-3)13(2)14-12-21-17(22-14)9-7-6-8-10-17/h13-15,18-19H,4-12H2,1-3H3/t13-,14-,15-/m0/s1. The minimum atomic E-state index is -0.347. The largest absolute Gasteiger partial charge is 0.480 e. The van der Waals surface area contributed by atoms with Crippen molar-refractivity contribution in [2.24, 2.45) is 5.92 Å². The summed E-state index contributed by atoms with van der Waals surface area (Å²) in [5.74, 6) is 0.123.